The zero-order chi connectivity index (χ0) is 19.0. The van der Waals surface area contributed by atoms with Gasteiger partial charge in [0.2, 0.25) is 0 Å². The predicted molar refractivity (Wildman–Crippen MR) is 95.0 cm³/mol. The Hall–Kier alpha value is -1.95. The molecular weight excluding hydrogens is 322 g/mol. The summed E-state index contributed by atoms with van der Waals surface area (Å²) in [4.78, 5) is 14.1. The Bertz CT molecular complexity index is 637. The van der Waals surface area contributed by atoms with E-state index in [0.29, 0.717) is 18.8 Å². The van der Waals surface area contributed by atoms with E-state index in [-0.39, 0.29) is 17.8 Å². The standard InChI is InChI=1S/C19H29NO5/c1-12(21)19(5)11-20(17(23)25-18(2,3)4)10-14(19)13-7-8-16(24-6)15(22)9-13/h7-9,12,14,21-22H,10-11H2,1-6H3/t12-,14+,19+/m1/s1. The van der Waals surface area contributed by atoms with Crippen molar-refractivity contribution in [2.45, 2.75) is 52.2 Å². The topological polar surface area (TPSA) is 79.2 Å². The second kappa shape index (κ2) is 6.75. The van der Waals surface area contributed by atoms with Gasteiger partial charge in [-0.05, 0) is 45.4 Å². The Morgan fingerprint density at radius 1 is 1.40 bits per heavy atom. The number of phenols is 1. The van der Waals surface area contributed by atoms with E-state index >= 15 is 0 Å². The largest absolute Gasteiger partial charge is 0.504 e. The Morgan fingerprint density at radius 3 is 2.52 bits per heavy atom. The van der Waals surface area contributed by atoms with E-state index in [0.717, 1.165) is 5.56 Å². The number of aliphatic hydroxyl groups excluding tert-OH is 1. The number of phenolic OH excluding ortho intramolecular Hbond substituents is 1. The smallest absolute Gasteiger partial charge is 0.410 e. The van der Waals surface area contributed by atoms with Gasteiger partial charge >= 0.3 is 6.09 Å². The van der Waals surface area contributed by atoms with Crippen molar-refractivity contribution in [3.05, 3.63) is 23.8 Å². The van der Waals surface area contributed by atoms with Gasteiger partial charge in [-0.15, -0.1) is 0 Å². The van der Waals surface area contributed by atoms with Crippen molar-refractivity contribution < 1.29 is 24.5 Å². The summed E-state index contributed by atoms with van der Waals surface area (Å²) in [5.41, 5.74) is -0.264. The number of aliphatic hydroxyl groups is 1. The lowest BCUT2D eigenvalue weighted by molar-refractivity contribution is 0.0194. The number of ether oxygens (including phenoxy) is 2. The number of carbonyl (C=O) groups excluding carboxylic acids is 1. The number of carbonyl (C=O) groups is 1. The van der Waals surface area contributed by atoms with Crippen LogP contribution < -0.4 is 4.74 Å². The van der Waals surface area contributed by atoms with E-state index in [1.165, 1.54) is 7.11 Å². The van der Waals surface area contributed by atoms with Gasteiger partial charge in [0.15, 0.2) is 11.5 Å². The Balaban J connectivity index is 2.32. The fourth-order valence-electron chi connectivity index (χ4n) is 3.31. The molecule has 0 unspecified atom stereocenters. The SMILES string of the molecule is COc1ccc([C@@H]2CN(C(=O)OC(C)(C)C)C[C@@]2(C)[C@@H](C)O)cc1O. The lowest BCUT2D eigenvalue weighted by Crippen LogP contribution is -2.39. The first kappa shape index (κ1) is 19.4. The van der Waals surface area contributed by atoms with Gasteiger partial charge in [-0.25, -0.2) is 4.79 Å². The molecule has 0 saturated carbocycles. The molecule has 6 nitrogen and oxygen atoms in total. The highest BCUT2D eigenvalue weighted by Gasteiger charge is 2.49. The van der Waals surface area contributed by atoms with Crippen LogP contribution in [0.15, 0.2) is 18.2 Å². The number of nitrogens with zero attached hydrogens (tertiary/aromatic N) is 1. The zero-order valence-corrected chi connectivity index (χ0v) is 15.9. The van der Waals surface area contributed by atoms with E-state index in [9.17, 15) is 15.0 Å². The molecule has 0 aliphatic carbocycles. The molecule has 0 spiro atoms. The molecule has 1 aliphatic heterocycles. The van der Waals surface area contributed by atoms with Crippen molar-refractivity contribution in [2.24, 2.45) is 5.41 Å². The highest BCUT2D eigenvalue weighted by atomic mass is 16.6. The van der Waals surface area contributed by atoms with Gasteiger partial charge in [-0.3, -0.25) is 0 Å². The lowest BCUT2D eigenvalue weighted by Gasteiger charge is -2.33. The number of hydrogen-bond acceptors (Lipinski definition) is 5. The third-order valence-electron chi connectivity index (χ3n) is 4.94. The lowest BCUT2D eigenvalue weighted by atomic mass is 9.72. The van der Waals surface area contributed by atoms with Crippen molar-refractivity contribution in [1.82, 2.24) is 4.90 Å². The molecule has 1 amide bonds. The monoisotopic (exact) mass is 351 g/mol. The van der Waals surface area contributed by atoms with Gasteiger partial charge in [0, 0.05) is 24.4 Å². The maximum Gasteiger partial charge on any atom is 0.410 e. The molecule has 1 aliphatic rings. The van der Waals surface area contributed by atoms with Crippen molar-refractivity contribution in [1.29, 1.82) is 0 Å². The summed E-state index contributed by atoms with van der Waals surface area (Å²) in [6.45, 7) is 9.97. The molecule has 0 bridgehead atoms. The van der Waals surface area contributed by atoms with E-state index in [1.54, 1.807) is 24.0 Å². The van der Waals surface area contributed by atoms with Gasteiger partial charge < -0.3 is 24.6 Å². The zero-order valence-electron chi connectivity index (χ0n) is 15.9. The summed E-state index contributed by atoms with van der Waals surface area (Å²) >= 11 is 0. The minimum atomic E-state index is -0.630. The molecule has 1 saturated heterocycles. The first-order valence-corrected chi connectivity index (χ1v) is 8.51. The molecule has 0 radical (unpaired) electrons. The van der Waals surface area contributed by atoms with Gasteiger partial charge in [-0.2, -0.15) is 0 Å². The number of amides is 1. The van der Waals surface area contributed by atoms with Crippen LogP contribution in [0.1, 0.15) is 46.1 Å². The Kier molecular flexibility index (Phi) is 5.23. The molecule has 2 rings (SSSR count). The number of hydrogen-bond donors (Lipinski definition) is 2. The number of rotatable bonds is 3. The summed E-state index contributed by atoms with van der Waals surface area (Å²) in [7, 11) is 1.49. The van der Waals surface area contributed by atoms with Crippen LogP contribution in [0, 0.1) is 5.41 Å². The van der Waals surface area contributed by atoms with Crippen LogP contribution in [0.3, 0.4) is 0 Å². The van der Waals surface area contributed by atoms with Crippen molar-refractivity contribution in [3.63, 3.8) is 0 Å². The van der Waals surface area contributed by atoms with Gasteiger partial charge in [0.1, 0.15) is 5.60 Å². The second-order valence-corrected chi connectivity index (χ2v) is 8.03. The second-order valence-electron chi connectivity index (χ2n) is 8.03. The molecular formula is C19H29NO5. The highest BCUT2D eigenvalue weighted by Crippen LogP contribution is 2.46. The average Bonchev–Trinajstić information content (AvgIpc) is 2.85. The van der Waals surface area contributed by atoms with Crippen molar-refractivity contribution in [2.75, 3.05) is 20.2 Å². The summed E-state index contributed by atoms with van der Waals surface area (Å²) in [5, 5.41) is 20.5. The number of likely N-dealkylation sites (tertiary alicyclic amines) is 1. The third kappa shape index (κ3) is 4.00. The fraction of sp³-hybridized carbons (Fsp3) is 0.632. The predicted octanol–water partition coefficient (Wildman–Crippen LogP) is 3.12. The normalized spacial score (nSPS) is 24.9. The van der Waals surface area contributed by atoms with Crippen LogP contribution in [-0.4, -0.2) is 53.1 Å². The first-order chi connectivity index (χ1) is 11.5. The first-order valence-electron chi connectivity index (χ1n) is 8.51. The average molecular weight is 351 g/mol. The number of methoxy groups -OCH3 is 1. The summed E-state index contributed by atoms with van der Waals surface area (Å²) in [5.74, 6) is 0.310. The molecule has 0 aromatic heterocycles. The van der Waals surface area contributed by atoms with Crippen LogP contribution in [0.2, 0.25) is 0 Å². The molecule has 2 N–H and O–H groups in total. The summed E-state index contributed by atoms with van der Waals surface area (Å²) in [6, 6.07) is 5.20. The van der Waals surface area contributed by atoms with E-state index < -0.39 is 17.1 Å². The van der Waals surface area contributed by atoms with Crippen LogP contribution in [0.4, 0.5) is 4.79 Å². The van der Waals surface area contributed by atoms with E-state index in [2.05, 4.69) is 0 Å². The minimum Gasteiger partial charge on any atom is -0.504 e. The van der Waals surface area contributed by atoms with Gasteiger partial charge in [-0.1, -0.05) is 13.0 Å². The Labute approximate surface area is 149 Å². The maximum atomic E-state index is 12.5. The summed E-state index contributed by atoms with van der Waals surface area (Å²) < 4.78 is 10.6. The molecule has 3 atom stereocenters. The van der Waals surface area contributed by atoms with E-state index in [4.69, 9.17) is 9.47 Å². The number of aromatic hydroxyl groups is 1. The molecule has 6 heteroatoms. The minimum absolute atomic E-state index is 0.0451. The fourth-order valence-corrected chi connectivity index (χ4v) is 3.31. The Morgan fingerprint density at radius 2 is 2.04 bits per heavy atom. The number of benzene rings is 1. The molecule has 140 valence electrons. The maximum absolute atomic E-state index is 12.5. The van der Waals surface area contributed by atoms with Crippen molar-refractivity contribution in [3.8, 4) is 11.5 Å². The highest BCUT2D eigenvalue weighted by molar-refractivity contribution is 5.69. The molecule has 25 heavy (non-hydrogen) atoms. The molecule has 1 fully saturated rings. The van der Waals surface area contributed by atoms with Crippen LogP contribution in [0.25, 0.3) is 0 Å². The molecule has 1 heterocycles. The van der Waals surface area contributed by atoms with Gasteiger partial charge in [0.05, 0.1) is 13.2 Å². The quantitative estimate of drug-likeness (QED) is 0.875. The van der Waals surface area contributed by atoms with Crippen LogP contribution >= 0.6 is 0 Å². The molecule has 1 aromatic carbocycles. The van der Waals surface area contributed by atoms with Crippen LogP contribution in [-0.2, 0) is 4.74 Å². The van der Waals surface area contributed by atoms with Crippen molar-refractivity contribution >= 4 is 6.09 Å². The van der Waals surface area contributed by atoms with Gasteiger partial charge in [0.25, 0.3) is 0 Å². The molecule has 1 aromatic rings. The third-order valence-corrected chi connectivity index (χ3v) is 4.94. The summed E-state index contributed by atoms with van der Waals surface area (Å²) in [6.07, 6.45) is -1.02. The van der Waals surface area contributed by atoms with Crippen LogP contribution in [0.5, 0.6) is 11.5 Å². The van der Waals surface area contributed by atoms with E-state index in [1.807, 2.05) is 33.8 Å².